The summed E-state index contributed by atoms with van der Waals surface area (Å²) in [6.45, 7) is 2.07. The lowest BCUT2D eigenvalue weighted by Crippen LogP contribution is -2.23. The number of aromatic nitrogens is 2. The van der Waals surface area contributed by atoms with Gasteiger partial charge in [0.25, 0.3) is 0 Å². The van der Waals surface area contributed by atoms with Crippen LogP contribution in [0.5, 0.6) is 0 Å². The summed E-state index contributed by atoms with van der Waals surface area (Å²) in [7, 11) is 0. The van der Waals surface area contributed by atoms with Gasteiger partial charge in [-0.25, -0.2) is 4.98 Å². The van der Waals surface area contributed by atoms with Crippen molar-refractivity contribution in [2.24, 2.45) is 0 Å². The van der Waals surface area contributed by atoms with E-state index < -0.39 is 0 Å². The van der Waals surface area contributed by atoms with Gasteiger partial charge in [-0.3, -0.25) is 0 Å². The van der Waals surface area contributed by atoms with Gasteiger partial charge < -0.3 is 10.3 Å². The smallest absolute Gasteiger partial charge is 0.109 e. The number of hydrogen-bond donors (Lipinski definition) is 2. The Hall–Kier alpha value is -0.250. The van der Waals surface area contributed by atoms with Gasteiger partial charge in [-0.05, 0) is 12.8 Å². The van der Waals surface area contributed by atoms with Crippen LogP contribution >= 0.6 is 24.8 Å². The van der Waals surface area contributed by atoms with Crippen LogP contribution < -0.4 is 5.32 Å². The standard InChI is InChI=1S/C10H15N3.2ClH/c1-2-7(3-1)10-12-8-4-5-11-6-9(8)13-10;;/h7,11H,1-6H2,(H,12,13);2*1H. The average Bonchev–Trinajstić information content (AvgIpc) is 2.43. The number of aromatic amines is 1. The number of hydrogen-bond acceptors (Lipinski definition) is 2. The normalized spacial score (nSPS) is 19.5. The molecule has 5 heteroatoms. The van der Waals surface area contributed by atoms with Crippen LogP contribution in [0.25, 0.3) is 0 Å². The van der Waals surface area contributed by atoms with Gasteiger partial charge in [0.05, 0.1) is 11.4 Å². The van der Waals surface area contributed by atoms with Gasteiger partial charge in [0.2, 0.25) is 0 Å². The Morgan fingerprint density at radius 2 is 2.00 bits per heavy atom. The largest absolute Gasteiger partial charge is 0.344 e. The maximum Gasteiger partial charge on any atom is 0.109 e. The molecule has 0 unspecified atom stereocenters. The topological polar surface area (TPSA) is 40.7 Å². The van der Waals surface area contributed by atoms with Gasteiger partial charge in [-0.1, -0.05) is 6.42 Å². The molecular weight excluding hydrogens is 233 g/mol. The fourth-order valence-corrected chi connectivity index (χ4v) is 2.12. The highest BCUT2D eigenvalue weighted by Gasteiger charge is 2.24. The minimum absolute atomic E-state index is 0. The van der Waals surface area contributed by atoms with Crippen molar-refractivity contribution >= 4 is 24.8 Å². The van der Waals surface area contributed by atoms with Crippen LogP contribution in [0.15, 0.2) is 0 Å². The summed E-state index contributed by atoms with van der Waals surface area (Å²) in [4.78, 5) is 8.14. The van der Waals surface area contributed by atoms with Crippen molar-refractivity contribution in [2.45, 2.75) is 38.1 Å². The average molecular weight is 250 g/mol. The summed E-state index contributed by atoms with van der Waals surface area (Å²) < 4.78 is 0. The fourth-order valence-electron chi connectivity index (χ4n) is 2.12. The Bertz CT molecular complexity index is 297. The zero-order valence-corrected chi connectivity index (χ0v) is 10.2. The zero-order valence-electron chi connectivity index (χ0n) is 8.58. The summed E-state index contributed by atoms with van der Waals surface area (Å²) in [5.74, 6) is 1.99. The molecule has 0 amide bonds. The number of nitrogens with zero attached hydrogens (tertiary/aromatic N) is 1. The quantitative estimate of drug-likeness (QED) is 0.801. The van der Waals surface area contributed by atoms with Crippen molar-refractivity contribution in [1.29, 1.82) is 0 Å². The molecule has 1 saturated carbocycles. The molecule has 1 aliphatic carbocycles. The third kappa shape index (κ3) is 2.30. The van der Waals surface area contributed by atoms with Gasteiger partial charge in [0.1, 0.15) is 5.82 Å². The first kappa shape index (κ1) is 12.8. The van der Waals surface area contributed by atoms with E-state index >= 15 is 0 Å². The minimum atomic E-state index is 0. The summed E-state index contributed by atoms with van der Waals surface area (Å²) in [5, 5.41) is 3.36. The van der Waals surface area contributed by atoms with Crippen LogP contribution in [0.1, 0.15) is 42.4 Å². The summed E-state index contributed by atoms with van der Waals surface area (Å²) >= 11 is 0. The zero-order chi connectivity index (χ0) is 8.67. The first-order chi connectivity index (χ1) is 6.43. The Morgan fingerprint density at radius 1 is 1.20 bits per heavy atom. The molecule has 15 heavy (non-hydrogen) atoms. The molecule has 3 rings (SSSR count). The van der Waals surface area contributed by atoms with Crippen LogP contribution in [-0.4, -0.2) is 16.5 Å². The number of rotatable bonds is 1. The van der Waals surface area contributed by atoms with Crippen molar-refractivity contribution in [1.82, 2.24) is 15.3 Å². The molecule has 0 aromatic carbocycles. The van der Waals surface area contributed by atoms with E-state index in [1.165, 1.54) is 36.5 Å². The first-order valence-electron chi connectivity index (χ1n) is 5.22. The highest BCUT2D eigenvalue weighted by atomic mass is 35.5. The van der Waals surface area contributed by atoms with E-state index in [-0.39, 0.29) is 24.8 Å². The molecule has 0 bridgehead atoms. The summed E-state index contributed by atoms with van der Waals surface area (Å²) in [6.07, 6.45) is 5.15. The molecule has 1 aliphatic heterocycles. The minimum Gasteiger partial charge on any atom is -0.344 e. The molecular formula is C10H17Cl2N3. The molecule has 1 fully saturated rings. The van der Waals surface area contributed by atoms with E-state index in [0.29, 0.717) is 0 Å². The lowest BCUT2D eigenvalue weighted by atomic mass is 9.85. The third-order valence-electron chi connectivity index (χ3n) is 3.21. The maximum absolute atomic E-state index is 4.68. The fraction of sp³-hybridized carbons (Fsp3) is 0.700. The molecule has 1 aromatic rings. The monoisotopic (exact) mass is 249 g/mol. The molecule has 0 saturated heterocycles. The Balaban J connectivity index is 0.000000562. The second-order valence-corrected chi connectivity index (χ2v) is 4.10. The molecule has 2 aliphatic rings. The van der Waals surface area contributed by atoms with E-state index in [1.807, 2.05) is 0 Å². The number of halogens is 2. The van der Waals surface area contributed by atoms with Crippen LogP contribution in [0.4, 0.5) is 0 Å². The van der Waals surface area contributed by atoms with E-state index in [0.717, 1.165) is 25.4 Å². The Kier molecular flexibility index (Phi) is 4.44. The van der Waals surface area contributed by atoms with Crippen LogP contribution in [0.3, 0.4) is 0 Å². The Labute approximate surface area is 102 Å². The van der Waals surface area contributed by atoms with Crippen LogP contribution in [-0.2, 0) is 13.0 Å². The molecule has 0 radical (unpaired) electrons. The van der Waals surface area contributed by atoms with E-state index in [4.69, 9.17) is 0 Å². The SMILES string of the molecule is C1CC(c2nc3c([nH]2)CNCC3)C1.Cl.Cl. The Morgan fingerprint density at radius 3 is 2.60 bits per heavy atom. The molecule has 2 N–H and O–H groups in total. The summed E-state index contributed by atoms with van der Waals surface area (Å²) in [6, 6.07) is 0. The van der Waals surface area contributed by atoms with Crippen LogP contribution in [0.2, 0.25) is 0 Å². The van der Waals surface area contributed by atoms with E-state index in [2.05, 4.69) is 15.3 Å². The number of imidazole rings is 1. The summed E-state index contributed by atoms with van der Waals surface area (Å²) in [5.41, 5.74) is 2.63. The predicted octanol–water partition coefficient (Wildman–Crippen LogP) is 2.17. The van der Waals surface area contributed by atoms with Crippen molar-refractivity contribution in [2.75, 3.05) is 6.54 Å². The van der Waals surface area contributed by atoms with Gasteiger partial charge in [0, 0.05) is 25.4 Å². The van der Waals surface area contributed by atoms with Gasteiger partial charge in [0.15, 0.2) is 0 Å². The molecule has 1 aromatic heterocycles. The number of nitrogens with one attached hydrogen (secondary N) is 2. The predicted molar refractivity (Wildman–Crippen MR) is 65.1 cm³/mol. The maximum atomic E-state index is 4.68. The first-order valence-corrected chi connectivity index (χ1v) is 5.22. The van der Waals surface area contributed by atoms with Crippen molar-refractivity contribution < 1.29 is 0 Å². The van der Waals surface area contributed by atoms with Gasteiger partial charge in [-0.2, -0.15) is 0 Å². The molecule has 86 valence electrons. The van der Waals surface area contributed by atoms with Crippen molar-refractivity contribution in [3.63, 3.8) is 0 Å². The molecule has 2 heterocycles. The van der Waals surface area contributed by atoms with Gasteiger partial charge in [-0.15, -0.1) is 24.8 Å². The van der Waals surface area contributed by atoms with Crippen molar-refractivity contribution in [3.8, 4) is 0 Å². The third-order valence-corrected chi connectivity index (χ3v) is 3.21. The molecule has 0 spiro atoms. The highest BCUT2D eigenvalue weighted by Crippen LogP contribution is 2.35. The van der Waals surface area contributed by atoms with Crippen LogP contribution in [0, 0.1) is 0 Å². The van der Waals surface area contributed by atoms with E-state index in [1.54, 1.807) is 0 Å². The lowest BCUT2D eigenvalue weighted by molar-refractivity contribution is 0.403. The van der Waals surface area contributed by atoms with E-state index in [9.17, 15) is 0 Å². The molecule has 0 atom stereocenters. The van der Waals surface area contributed by atoms with Crippen molar-refractivity contribution in [3.05, 3.63) is 17.2 Å². The molecule has 3 nitrogen and oxygen atoms in total. The lowest BCUT2D eigenvalue weighted by Gasteiger charge is -2.22. The second kappa shape index (κ2) is 5.19. The number of fused-ring (bicyclic) bond motifs is 1. The second-order valence-electron chi connectivity index (χ2n) is 4.10. The number of H-pyrrole nitrogens is 1. The highest BCUT2D eigenvalue weighted by molar-refractivity contribution is 5.85. The van der Waals surface area contributed by atoms with Gasteiger partial charge >= 0.3 is 0 Å².